The number of hydrogen-bond acceptors (Lipinski definition) is 3. The van der Waals surface area contributed by atoms with Crippen LogP contribution >= 0.6 is 11.3 Å². The van der Waals surface area contributed by atoms with Crippen LogP contribution in [0, 0.1) is 6.92 Å². The van der Waals surface area contributed by atoms with Gasteiger partial charge in [-0.15, -0.1) is 11.3 Å². The maximum absolute atomic E-state index is 12.8. The summed E-state index contributed by atoms with van der Waals surface area (Å²) in [7, 11) is 0. The quantitative estimate of drug-likeness (QED) is 0.649. The predicted molar refractivity (Wildman–Crippen MR) is 121 cm³/mol. The minimum atomic E-state index is 0.228. The van der Waals surface area contributed by atoms with Crippen molar-refractivity contribution < 1.29 is 4.79 Å². The molecule has 2 saturated heterocycles. The first-order valence-electron chi connectivity index (χ1n) is 11.4. The van der Waals surface area contributed by atoms with Gasteiger partial charge in [0.25, 0.3) is 5.91 Å². The lowest BCUT2D eigenvalue weighted by molar-refractivity contribution is 0.0797. The lowest BCUT2D eigenvalue weighted by atomic mass is 9.85. The van der Waals surface area contributed by atoms with Gasteiger partial charge < -0.3 is 9.80 Å². The van der Waals surface area contributed by atoms with Crippen LogP contribution in [0.4, 0.5) is 0 Å². The highest BCUT2D eigenvalue weighted by atomic mass is 32.1. The Balaban J connectivity index is 1.26. The van der Waals surface area contributed by atoms with Crippen molar-refractivity contribution in [2.45, 2.75) is 63.8 Å². The third-order valence-electron chi connectivity index (χ3n) is 7.29. The molecule has 1 saturated carbocycles. The van der Waals surface area contributed by atoms with E-state index in [1.54, 1.807) is 11.3 Å². The largest absolute Gasteiger partial charge is 0.338 e. The molecule has 2 aliphatic heterocycles. The van der Waals surface area contributed by atoms with Crippen LogP contribution in [0.25, 0.3) is 10.4 Å². The van der Waals surface area contributed by atoms with Gasteiger partial charge in [0.2, 0.25) is 0 Å². The van der Waals surface area contributed by atoms with Crippen LogP contribution in [0.15, 0.2) is 30.3 Å². The first-order valence-corrected chi connectivity index (χ1v) is 12.2. The molecule has 3 fully saturated rings. The Bertz CT molecular complexity index is 853. The molecular formula is C25H32N2OS. The summed E-state index contributed by atoms with van der Waals surface area (Å²) in [6, 6.07) is 12.3. The standard InChI is InChI=1S/C25H32N2OS/c1-18-17-23(29-24(18)25(28)27-13-2-3-14-27)21-9-7-19(8-10-21)20-11-15-26(16-12-20)22-5-4-6-22/h7-10,17,20,22H,2-6,11-16H2,1H3. The van der Waals surface area contributed by atoms with Gasteiger partial charge in [0.1, 0.15) is 0 Å². The Hall–Kier alpha value is -1.65. The minimum absolute atomic E-state index is 0.228. The number of amides is 1. The molecule has 0 N–H and O–H groups in total. The van der Waals surface area contributed by atoms with Crippen molar-refractivity contribution in [1.82, 2.24) is 9.80 Å². The zero-order valence-corrected chi connectivity index (χ0v) is 18.3. The van der Waals surface area contributed by atoms with E-state index in [-0.39, 0.29) is 5.91 Å². The molecule has 2 aromatic rings. The molecule has 4 heteroatoms. The van der Waals surface area contributed by atoms with E-state index < -0.39 is 0 Å². The van der Waals surface area contributed by atoms with Crippen molar-refractivity contribution in [3.63, 3.8) is 0 Å². The summed E-state index contributed by atoms with van der Waals surface area (Å²) in [5, 5.41) is 0. The zero-order valence-electron chi connectivity index (χ0n) is 17.5. The van der Waals surface area contributed by atoms with Crippen LogP contribution in [0.1, 0.15) is 71.7 Å². The highest BCUT2D eigenvalue weighted by molar-refractivity contribution is 7.17. The molecule has 3 aliphatic rings. The average molecular weight is 409 g/mol. The smallest absolute Gasteiger partial charge is 0.264 e. The number of carbonyl (C=O) groups excluding carboxylic acids is 1. The third kappa shape index (κ3) is 3.89. The molecule has 3 heterocycles. The van der Waals surface area contributed by atoms with Crippen molar-refractivity contribution in [2.24, 2.45) is 0 Å². The van der Waals surface area contributed by atoms with E-state index in [1.165, 1.54) is 61.2 Å². The van der Waals surface area contributed by atoms with Gasteiger partial charge in [0.15, 0.2) is 0 Å². The van der Waals surface area contributed by atoms with Crippen LogP contribution in [-0.2, 0) is 0 Å². The summed E-state index contributed by atoms with van der Waals surface area (Å²) in [5.41, 5.74) is 3.85. The van der Waals surface area contributed by atoms with Crippen LogP contribution in [0.3, 0.4) is 0 Å². The monoisotopic (exact) mass is 408 g/mol. The number of carbonyl (C=O) groups is 1. The molecule has 1 aromatic heterocycles. The fourth-order valence-corrected chi connectivity index (χ4v) is 6.32. The molecule has 0 unspecified atom stereocenters. The Morgan fingerprint density at radius 2 is 1.62 bits per heavy atom. The molecule has 154 valence electrons. The summed E-state index contributed by atoms with van der Waals surface area (Å²) in [6.07, 6.45) is 9.14. The first kappa shape index (κ1) is 19.3. The summed E-state index contributed by atoms with van der Waals surface area (Å²) in [5.74, 6) is 0.934. The summed E-state index contributed by atoms with van der Waals surface area (Å²) in [4.78, 5) is 19.7. The normalized spacial score (nSPS) is 21.5. The molecule has 29 heavy (non-hydrogen) atoms. The Labute approximate surface area is 178 Å². The summed E-state index contributed by atoms with van der Waals surface area (Å²) >= 11 is 1.66. The van der Waals surface area contributed by atoms with Gasteiger partial charge in [-0.25, -0.2) is 0 Å². The molecule has 0 atom stereocenters. The summed E-state index contributed by atoms with van der Waals surface area (Å²) < 4.78 is 0. The number of aryl methyl sites for hydroxylation is 1. The highest BCUT2D eigenvalue weighted by Crippen LogP contribution is 2.36. The Kier molecular flexibility index (Phi) is 5.49. The topological polar surface area (TPSA) is 23.6 Å². The second-order valence-corrected chi connectivity index (χ2v) is 10.2. The second-order valence-electron chi connectivity index (χ2n) is 9.14. The number of hydrogen-bond donors (Lipinski definition) is 0. The third-order valence-corrected chi connectivity index (χ3v) is 8.57. The van der Waals surface area contributed by atoms with Gasteiger partial charge >= 0.3 is 0 Å². The Morgan fingerprint density at radius 3 is 2.24 bits per heavy atom. The van der Waals surface area contributed by atoms with Gasteiger partial charge in [-0.2, -0.15) is 0 Å². The number of nitrogens with zero attached hydrogens (tertiary/aromatic N) is 2. The van der Waals surface area contributed by atoms with Crippen molar-refractivity contribution in [3.8, 4) is 10.4 Å². The van der Waals surface area contributed by atoms with Gasteiger partial charge in [-0.3, -0.25) is 4.79 Å². The van der Waals surface area contributed by atoms with Gasteiger partial charge in [-0.1, -0.05) is 30.7 Å². The molecule has 1 aliphatic carbocycles. The molecule has 3 nitrogen and oxygen atoms in total. The SMILES string of the molecule is Cc1cc(-c2ccc(C3CCN(C4CCC4)CC3)cc2)sc1C(=O)N1CCCC1. The number of rotatable bonds is 4. The van der Waals surface area contributed by atoms with E-state index in [4.69, 9.17) is 0 Å². The predicted octanol–water partition coefficient (Wildman–Crippen LogP) is 5.69. The fourth-order valence-electron chi connectivity index (χ4n) is 5.17. The first-order chi connectivity index (χ1) is 14.2. The number of likely N-dealkylation sites (tertiary alicyclic amines) is 2. The lowest BCUT2D eigenvalue weighted by Gasteiger charge is -2.42. The molecule has 0 bridgehead atoms. The van der Waals surface area contributed by atoms with Crippen molar-refractivity contribution in [3.05, 3.63) is 46.3 Å². The molecule has 1 aromatic carbocycles. The zero-order chi connectivity index (χ0) is 19.8. The van der Waals surface area contributed by atoms with Crippen LogP contribution in [0.2, 0.25) is 0 Å². The van der Waals surface area contributed by atoms with E-state index in [2.05, 4.69) is 42.2 Å². The highest BCUT2D eigenvalue weighted by Gasteiger charge is 2.29. The van der Waals surface area contributed by atoms with Crippen LogP contribution in [0.5, 0.6) is 0 Å². The minimum Gasteiger partial charge on any atom is -0.338 e. The average Bonchev–Trinajstić information content (AvgIpc) is 3.37. The summed E-state index contributed by atoms with van der Waals surface area (Å²) in [6.45, 7) is 6.44. The van der Waals surface area contributed by atoms with Crippen molar-refractivity contribution in [2.75, 3.05) is 26.2 Å². The van der Waals surface area contributed by atoms with E-state index in [1.807, 2.05) is 4.90 Å². The molecule has 0 spiro atoms. The lowest BCUT2D eigenvalue weighted by Crippen LogP contribution is -2.44. The van der Waals surface area contributed by atoms with Crippen molar-refractivity contribution in [1.29, 1.82) is 0 Å². The molecule has 5 rings (SSSR count). The maximum atomic E-state index is 12.8. The van der Waals surface area contributed by atoms with E-state index >= 15 is 0 Å². The second kappa shape index (κ2) is 8.23. The van der Waals surface area contributed by atoms with Crippen LogP contribution < -0.4 is 0 Å². The van der Waals surface area contributed by atoms with Gasteiger partial charge in [-0.05, 0) is 87.2 Å². The van der Waals surface area contributed by atoms with Crippen LogP contribution in [-0.4, -0.2) is 47.9 Å². The number of thiophene rings is 1. The molecule has 1 amide bonds. The van der Waals surface area contributed by atoms with E-state index in [0.29, 0.717) is 5.92 Å². The maximum Gasteiger partial charge on any atom is 0.264 e. The van der Waals surface area contributed by atoms with E-state index in [0.717, 1.165) is 42.4 Å². The fraction of sp³-hybridized carbons (Fsp3) is 0.560. The van der Waals surface area contributed by atoms with Gasteiger partial charge in [0, 0.05) is 24.0 Å². The van der Waals surface area contributed by atoms with Gasteiger partial charge in [0.05, 0.1) is 4.88 Å². The Morgan fingerprint density at radius 1 is 0.931 bits per heavy atom. The number of benzene rings is 1. The molecular weight excluding hydrogens is 376 g/mol. The van der Waals surface area contributed by atoms with E-state index in [9.17, 15) is 4.79 Å². The number of piperidine rings is 1. The van der Waals surface area contributed by atoms with Crippen molar-refractivity contribution >= 4 is 17.2 Å². The molecule has 0 radical (unpaired) electrons.